The van der Waals surface area contributed by atoms with Gasteiger partial charge in [-0.15, -0.1) is 0 Å². The molecule has 0 saturated carbocycles. The second kappa shape index (κ2) is 3.98. The number of rotatable bonds is 2. The van der Waals surface area contributed by atoms with E-state index < -0.39 is 0 Å². The highest BCUT2D eigenvalue weighted by Gasteiger charge is 1.99. The minimum Gasteiger partial charge on any atom is -0.389 e. The van der Waals surface area contributed by atoms with Gasteiger partial charge in [-0.05, 0) is 18.2 Å². The van der Waals surface area contributed by atoms with Gasteiger partial charge in [0.2, 0.25) is 0 Å². The first kappa shape index (κ1) is 9.48. The van der Waals surface area contributed by atoms with Crippen LogP contribution in [0, 0.1) is 0 Å². The monoisotopic (exact) mass is 269 g/mol. The van der Waals surface area contributed by atoms with Crippen LogP contribution in [0.25, 0.3) is 0 Å². The van der Waals surface area contributed by atoms with Crippen LogP contribution < -0.4 is 11.1 Å². The molecule has 0 aliphatic carbocycles. The molecule has 5 heteroatoms. The Morgan fingerprint density at radius 1 is 1.43 bits per heavy atom. The SMILES string of the molecule is Nc1cnc(Nc2cccc(Br)c2)s1. The highest BCUT2D eigenvalue weighted by Crippen LogP contribution is 2.25. The van der Waals surface area contributed by atoms with Crippen molar-refractivity contribution in [2.24, 2.45) is 0 Å². The molecule has 1 aromatic carbocycles. The van der Waals surface area contributed by atoms with Crippen molar-refractivity contribution in [1.82, 2.24) is 4.98 Å². The Hall–Kier alpha value is -1.07. The van der Waals surface area contributed by atoms with E-state index in [-0.39, 0.29) is 0 Å². The summed E-state index contributed by atoms with van der Waals surface area (Å²) in [5, 5.41) is 4.68. The molecule has 0 radical (unpaired) electrons. The summed E-state index contributed by atoms with van der Waals surface area (Å²) in [7, 11) is 0. The molecule has 3 N–H and O–H groups in total. The Morgan fingerprint density at radius 3 is 2.93 bits per heavy atom. The van der Waals surface area contributed by atoms with Crippen LogP contribution in [-0.2, 0) is 0 Å². The Morgan fingerprint density at radius 2 is 2.29 bits per heavy atom. The molecular formula is C9H8BrN3S. The fourth-order valence-corrected chi connectivity index (χ4v) is 2.04. The largest absolute Gasteiger partial charge is 0.389 e. The fraction of sp³-hybridized carbons (Fsp3) is 0. The van der Waals surface area contributed by atoms with Gasteiger partial charge in [0.1, 0.15) is 5.00 Å². The van der Waals surface area contributed by atoms with Crippen LogP contribution in [-0.4, -0.2) is 4.98 Å². The third-order valence-electron chi connectivity index (χ3n) is 1.60. The van der Waals surface area contributed by atoms with E-state index in [4.69, 9.17) is 5.73 Å². The van der Waals surface area contributed by atoms with E-state index in [9.17, 15) is 0 Å². The van der Waals surface area contributed by atoms with Crippen molar-refractivity contribution in [2.75, 3.05) is 11.1 Å². The lowest BCUT2D eigenvalue weighted by Crippen LogP contribution is -1.87. The van der Waals surface area contributed by atoms with E-state index >= 15 is 0 Å². The maximum Gasteiger partial charge on any atom is 0.189 e. The molecule has 0 spiro atoms. The summed E-state index contributed by atoms with van der Waals surface area (Å²) >= 11 is 4.83. The zero-order valence-corrected chi connectivity index (χ0v) is 9.60. The number of thiazole rings is 1. The van der Waals surface area contributed by atoms with Crippen LogP contribution in [0.2, 0.25) is 0 Å². The molecule has 72 valence electrons. The minimum atomic E-state index is 0.711. The highest BCUT2D eigenvalue weighted by molar-refractivity contribution is 9.10. The van der Waals surface area contributed by atoms with Crippen molar-refractivity contribution in [3.05, 3.63) is 34.9 Å². The lowest BCUT2D eigenvalue weighted by atomic mass is 10.3. The summed E-state index contributed by atoms with van der Waals surface area (Å²) in [6, 6.07) is 7.89. The second-order valence-corrected chi connectivity index (χ2v) is 4.68. The van der Waals surface area contributed by atoms with Crippen molar-refractivity contribution in [3.63, 3.8) is 0 Å². The van der Waals surface area contributed by atoms with Gasteiger partial charge in [-0.1, -0.05) is 33.3 Å². The minimum absolute atomic E-state index is 0.711. The van der Waals surface area contributed by atoms with E-state index in [1.54, 1.807) is 6.20 Å². The Kier molecular flexibility index (Phi) is 2.69. The number of anilines is 3. The molecule has 2 rings (SSSR count). The Labute approximate surface area is 94.1 Å². The van der Waals surface area contributed by atoms with Gasteiger partial charge in [0.25, 0.3) is 0 Å². The normalized spacial score (nSPS) is 10.1. The maximum absolute atomic E-state index is 5.57. The molecule has 2 aromatic rings. The number of nitrogen functional groups attached to an aromatic ring is 1. The van der Waals surface area contributed by atoms with E-state index in [0.717, 1.165) is 15.3 Å². The summed E-state index contributed by atoms with van der Waals surface area (Å²) in [5.41, 5.74) is 6.56. The average molecular weight is 270 g/mol. The second-order valence-electron chi connectivity index (χ2n) is 2.70. The third-order valence-corrected chi connectivity index (χ3v) is 2.83. The number of hydrogen-bond acceptors (Lipinski definition) is 4. The molecular weight excluding hydrogens is 262 g/mol. The number of nitrogens with two attached hydrogens (primary N) is 1. The van der Waals surface area contributed by atoms with Crippen LogP contribution in [0.4, 0.5) is 15.8 Å². The highest BCUT2D eigenvalue weighted by atomic mass is 79.9. The first-order valence-corrected chi connectivity index (χ1v) is 5.59. The molecule has 1 aromatic heterocycles. The Balaban J connectivity index is 2.18. The molecule has 0 aliphatic rings. The zero-order chi connectivity index (χ0) is 9.97. The van der Waals surface area contributed by atoms with Crippen molar-refractivity contribution in [3.8, 4) is 0 Å². The van der Waals surface area contributed by atoms with Gasteiger partial charge in [0, 0.05) is 10.2 Å². The fourth-order valence-electron chi connectivity index (χ4n) is 1.03. The lowest BCUT2D eigenvalue weighted by molar-refractivity contribution is 1.39. The predicted molar refractivity (Wildman–Crippen MR) is 64.0 cm³/mol. The van der Waals surface area contributed by atoms with Gasteiger partial charge >= 0.3 is 0 Å². The standard InChI is InChI=1S/C9H8BrN3S/c10-6-2-1-3-7(4-6)13-9-12-5-8(11)14-9/h1-5H,11H2,(H,12,13). The Bertz CT molecular complexity index is 441. The van der Waals surface area contributed by atoms with Gasteiger partial charge < -0.3 is 11.1 Å². The van der Waals surface area contributed by atoms with E-state index in [0.29, 0.717) is 5.00 Å². The number of nitrogens with zero attached hydrogens (tertiary/aromatic N) is 1. The van der Waals surface area contributed by atoms with Gasteiger partial charge in [-0.25, -0.2) is 4.98 Å². The lowest BCUT2D eigenvalue weighted by Gasteiger charge is -2.01. The van der Waals surface area contributed by atoms with E-state index in [2.05, 4.69) is 26.2 Å². The summed E-state index contributed by atoms with van der Waals surface area (Å²) in [6.07, 6.45) is 1.64. The van der Waals surface area contributed by atoms with Gasteiger partial charge in [0.15, 0.2) is 5.13 Å². The molecule has 0 bridgehead atoms. The molecule has 0 atom stereocenters. The maximum atomic E-state index is 5.57. The van der Waals surface area contributed by atoms with Crippen LogP contribution in [0.1, 0.15) is 0 Å². The van der Waals surface area contributed by atoms with E-state index in [1.807, 2.05) is 24.3 Å². The van der Waals surface area contributed by atoms with Crippen molar-refractivity contribution in [1.29, 1.82) is 0 Å². The molecule has 3 nitrogen and oxygen atoms in total. The number of halogens is 1. The number of aromatic nitrogens is 1. The molecule has 1 heterocycles. The summed E-state index contributed by atoms with van der Waals surface area (Å²) in [5.74, 6) is 0. The average Bonchev–Trinajstić information content (AvgIpc) is 2.51. The molecule has 0 fully saturated rings. The number of nitrogens with one attached hydrogen (secondary N) is 1. The summed E-state index contributed by atoms with van der Waals surface area (Å²) in [6.45, 7) is 0. The van der Waals surface area contributed by atoms with Crippen LogP contribution in [0.15, 0.2) is 34.9 Å². The van der Waals surface area contributed by atoms with Crippen LogP contribution in [0.3, 0.4) is 0 Å². The first-order chi connectivity index (χ1) is 6.74. The zero-order valence-electron chi connectivity index (χ0n) is 7.20. The predicted octanol–water partition coefficient (Wildman–Crippen LogP) is 3.23. The van der Waals surface area contributed by atoms with Gasteiger partial charge in [0.05, 0.1) is 6.20 Å². The van der Waals surface area contributed by atoms with Crippen molar-refractivity contribution in [2.45, 2.75) is 0 Å². The molecule has 0 unspecified atom stereocenters. The molecule has 0 saturated heterocycles. The van der Waals surface area contributed by atoms with Gasteiger partial charge in [-0.2, -0.15) is 0 Å². The third kappa shape index (κ3) is 2.24. The number of hydrogen-bond donors (Lipinski definition) is 2. The molecule has 14 heavy (non-hydrogen) atoms. The molecule has 0 amide bonds. The van der Waals surface area contributed by atoms with Crippen LogP contribution in [0.5, 0.6) is 0 Å². The van der Waals surface area contributed by atoms with Crippen molar-refractivity contribution >= 4 is 43.1 Å². The van der Waals surface area contributed by atoms with E-state index in [1.165, 1.54) is 11.3 Å². The van der Waals surface area contributed by atoms with Gasteiger partial charge in [-0.3, -0.25) is 0 Å². The quantitative estimate of drug-likeness (QED) is 0.880. The summed E-state index contributed by atoms with van der Waals surface area (Å²) in [4.78, 5) is 4.11. The summed E-state index contributed by atoms with van der Waals surface area (Å²) < 4.78 is 1.03. The van der Waals surface area contributed by atoms with Crippen LogP contribution >= 0.6 is 27.3 Å². The molecule has 0 aliphatic heterocycles. The smallest absolute Gasteiger partial charge is 0.189 e. The number of benzene rings is 1. The first-order valence-electron chi connectivity index (χ1n) is 3.98. The topological polar surface area (TPSA) is 50.9 Å². The van der Waals surface area contributed by atoms with Crippen molar-refractivity contribution < 1.29 is 0 Å².